The largest absolute Gasteiger partial charge is 0.378 e. The Balaban J connectivity index is 1.64. The number of nitrogens with zero attached hydrogens (tertiary/aromatic N) is 2. The van der Waals surface area contributed by atoms with E-state index in [9.17, 15) is 4.79 Å². The van der Waals surface area contributed by atoms with E-state index in [2.05, 4.69) is 20.6 Å². The molecular formula is C15H16N4O. The number of aromatic nitrogens is 2. The molecule has 1 amide bonds. The summed E-state index contributed by atoms with van der Waals surface area (Å²) in [5, 5.41) is 6.41. The normalized spacial score (nSPS) is 17.9. The lowest BCUT2D eigenvalue weighted by atomic mass is 10.1. The van der Waals surface area contributed by atoms with Crippen LogP contribution in [0.5, 0.6) is 0 Å². The van der Waals surface area contributed by atoms with Crippen molar-refractivity contribution in [3.8, 4) is 0 Å². The van der Waals surface area contributed by atoms with Gasteiger partial charge in [-0.05, 0) is 37.1 Å². The van der Waals surface area contributed by atoms with E-state index in [0.717, 1.165) is 12.1 Å². The highest BCUT2D eigenvalue weighted by Gasteiger charge is 2.26. The second-order valence-electron chi connectivity index (χ2n) is 4.99. The van der Waals surface area contributed by atoms with Crippen molar-refractivity contribution in [2.24, 2.45) is 0 Å². The summed E-state index contributed by atoms with van der Waals surface area (Å²) >= 11 is 0. The van der Waals surface area contributed by atoms with Gasteiger partial charge in [-0.15, -0.1) is 0 Å². The zero-order valence-electron chi connectivity index (χ0n) is 11.2. The van der Waals surface area contributed by atoms with Gasteiger partial charge in [0.2, 0.25) is 0 Å². The smallest absolute Gasteiger partial charge is 0.253 e. The number of hydrogen-bond donors (Lipinski definition) is 2. The van der Waals surface area contributed by atoms with E-state index < -0.39 is 0 Å². The first kappa shape index (κ1) is 12.6. The van der Waals surface area contributed by atoms with E-state index in [-0.39, 0.29) is 18.0 Å². The predicted molar refractivity (Wildman–Crippen MR) is 76.5 cm³/mol. The summed E-state index contributed by atoms with van der Waals surface area (Å²) in [5.41, 5.74) is 2.88. The van der Waals surface area contributed by atoms with Gasteiger partial charge in [0, 0.05) is 24.6 Å². The van der Waals surface area contributed by atoms with Crippen LogP contribution in [0.25, 0.3) is 0 Å². The molecule has 3 rings (SSSR count). The maximum Gasteiger partial charge on any atom is 0.253 e. The summed E-state index contributed by atoms with van der Waals surface area (Å²) in [5.74, 6) is -0.0959. The summed E-state index contributed by atoms with van der Waals surface area (Å²) in [6.45, 7) is 2.01. The molecule has 5 heteroatoms. The zero-order chi connectivity index (χ0) is 13.9. The Bertz CT molecular complexity index is 589. The summed E-state index contributed by atoms with van der Waals surface area (Å²) in [4.78, 5) is 20.2. The molecule has 0 fully saturated rings. The summed E-state index contributed by atoms with van der Waals surface area (Å²) in [7, 11) is 0. The molecule has 2 atom stereocenters. The Hall–Kier alpha value is -2.43. The van der Waals surface area contributed by atoms with E-state index in [1.165, 1.54) is 5.56 Å². The van der Waals surface area contributed by atoms with Crippen LogP contribution in [0.15, 0.2) is 43.0 Å². The van der Waals surface area contributed by atoms with Gasteiger partial charge in [-0.25, -0.2) is 0 Å². The highest BCUT2D eigenvalue weighted by atomic mass is 16.1. The molecule has 2 aromatic rings. The first-order valence-electron chi connectivity index (χ1n) is 6.64. The van der Waals surface area contributed by atoms with Crippen molar-refractivity contribution in [3.05, 3.63) is 54.1 Å². The lowest BCUT2D eigenvalue weighted by Crippen LogP contribution is -2.44. The average molecular weight is 268 g/mol. The third-order valence-electron chi connectivity index (χ3n) is 3.58. The molecule has 0 spiro atoms. The SMILES string of the molecule is CC(NC(=O)c1cccnc1)C1Cc2ccncc2N1. The van der Waals surface area contributed by atoms with Gasteiger partial charge in [-0.2, -0.15) is 0 Å². The third-order valence-corrected chi connectivity index (χ3v) is 3.58. The molecule has 2 N–H and O–H groups in total. The number of carbonyl (C=O) groups excluding carboxylic acids is 1. The van der Waals surface area contributed by atoms with Crippen molar-refractivity contribution >= 4 is 11.6 Å². The maximum absolute atomic E-state index is 12.1. The van der Waals surface area contributed by atoms with E-state index in [0.29, 0.717) is 5.56 Å². The van der Waals surface area contributed by atoms with E-state index in [1.54, 1.807) is 30.7 Å². The van der Waals surface area contributed by atoms with Crippen LogP contribution in [-0.4, -0.2) is 28.0 Å². The molecule has 0 radical (unpaired) electrons. The standard InChI is InChI=1S/C15H16N4O/c1-10(18-15(20)12-3-2-5-16-8-12)13-7-11-4-6-17-9-14(11)19-13/h2-6,8-10,13,19H,7H2,1H3,(H,18,20). The van der Waals surface area contributed by atoms with Crippen molar-refractivity contribution in [2.75, 3.05) is 5.32 Å². The maximum atomic E-state index is 12.1. The van der Waals surface area contributed by atoms with Crippen molar-refractivity contribution in [1.29, 1.82) is 0 Å². The van der Waals surface area contributed by atoms with E-state index in [1.807, 2.05) is 19.2 Å². The number of rotatable bonds is 3. The highest BCUT2D eigenvalue weighted by molar-refractivity contribution is 5.94. The predicted octanol–water partition coefficient (Wildman–Crippen LogP) is 1.63. The topological polar surface area (TPSA) is 66.9 Å². The average Bonchev–Trinajstić information content (AvgIpc) is 2.92. The number of pyridine rings is 2. The number of hydrogen-bond acceptors (Lipinski definition) is 4. The Morgan fingerprint density at radius 3 is 2.95 bits per heavy atom. The summed E-state index contributed by atoms with van der Waals surface area (Å²) in [6, 6.07) is 5.74. The number of amides is 1. The van der Waals surface area contributed by atoms with Gasteiger partial charge in [0.15, 0.2) is 0 Å². The molecule has 0 aromatic carbocycles. The highest BCUT2D eigenvalue weighted by Crippen LogP contribution is 2.25. The van der Waals surface area contributed by atoms with Crippen LogP contribution in [0.3, 0.4) is 0 Å². The van der Waals surface area contributed by atoms with Crippen LogP contribution in [0.1, 0.15) is 22.8 Å². The second kappa shape index (κ2) is 5.28. The Morgan fingerprint density at radius 1 is 1.35 bits per heavy atom. The van der Waals surface area contributed by atoms with E-state index in [4.69, 9.17) is 0 Å². The first-order chi connectivity index (χ1) is 9.74. The molecule has 0 bridgehead atoms. The lowest BCUT2D eigenvalue weighted by molar-refractivity contribution is 0.0936. The van der Waals surface area contributed by atoms with Gasteiger partial charge >= 0.3 is 0 Å². The minimum absolute atomic E-state index is 0.0232. The van der Waals surface area contributed by atoms with Crippen molar-refractivity contribution in [1.82, 2.24) is 15.3 Å². The summed E-state index contributed by atoms with van der Waals surface area (Å²) in [6.07, 6.45) is 7.74. The molecule has 5 nitrogen and oxygen atoms in total. The minimum atomic E-state index is -0.0959. The number of nitrogens with one attached hydrogen (secondary N) is 2. The summed E-state index contributed by atoms with van der Waals surface area (Å²) < 4.78 is 0. The van der Waals surface area contributed by atoms with Crippen molar-refractivity contribution in [2.45, 2.75) is 25.4 Å². The number of carbonyl (C=O) groups is 1. The molecule has 2 unspecified atom stereocenters. The van der Waals surface area contributed by atoms with Crippen molar-refractivity contribution in [3.63, 3.8) is 0 Å². The van der Waals surface area contributed by atoms with Crippen LogP contribution in [0, 0.1) is 0 Å². The van der Waals surface area contributed by atoms with Gasteiger partial charge in [-0.3, -0.25) is 14.8 Å². The van der Waals surface area contributed by atoms with Crippen LogP contribution in [0.4, 0.5) is 5.69 Å². The van der Waals surface area contributed by atoms with Crippen LogP contribution < -0.4 is 10.6 Å². The fourth-order valence-electron chi connectivity index (χ4n) is 2.41. The van der Waals surface area contributed by atoms with Crippen LogP contribution in [-0.2, 0) is 6.42 Å². The Labute approximate surface area is 117 Å². The van der Waals surface area contributed by atoms with Gasteiger partial charge in [0.25, 0.3) is 5.91 Å². The monoisotopic (exact) mass is 268 g/mol. The van der Waals surface area contributed by atoms with Gasteiger partial charge in [0.1, 0.15) is 0 Å². The minimum Gasteiger partial charge on any atom is -0.378 e. The molecule has 0 aliphatic carbocycles. The van der Waals surface area contributed by atoms with Crippen LogP contribution >= 0.6 is 0 Å². The molecule has 0 saturated heterocycles. The molecule has 2 aromatic heterocycles. The first-order valence-corrected chi connectivity index (χ1v) is 6.64. The quantitative estimate of drug-likeness (QED) is 0.888. The van der Waals surface area contributed by atoms with Gasteiger partial charge in [0.05, 0.1) is 23.5 Å². The molecule has 20 heavy (non-hydrogen) atoms. The van der Waals surface area contributed by atoms with E-state index >= 15 is 0 Å². The van der Waals surface area contributed by atoms with Gasteiger partial charge < -0.3 is 10.6 Å². The third kappa shape index (κ3) is 2.47. The second-order valence-corrected chi connectivity index (χ2v) is 4.99. The molecule has 0 saturated carbocycles. The molecular weight excluding hydrogens is 252 g/mol. The number of fused-ring (bicyclic) bond motifs is 1. The lowest BCUT2D eigenvalue weighted by Gasteiger charge is -2.21. The molecule has 1 aliphatic rings. The Morgan fingerprint density at radius 2 is 2.20 bits per heavy atom. The van der Waals surface area contributed by atoms with Gasteiger partial charge in [-0.1, -0.05) is 0 Å². The van der Waals surface area contributed by atoms with Crippen LogP contribution in [0.2, 0.25) is 0 Å². The molecule has 1 aliphatic heterocycles. The fraction of sp³-hybridized carbons (Fsp3) is 0.267. The fourth-order valence-corrected chi connectivity index (χ4v) is 2.41. The number of anilines is 1. The van der Waals surface area contributed by atoms with Crippen molar-refractivity contribution < 1.29 is 4.79 Å². The molecule has 3 heterocycles. The molecule has 102 valence electrons. The zero-order valence-corrected chi connectivity index (χ0v) is 11.2. The Kier molecular flexibility index (Phi) is 3.33.